The highest BCUT2D eigenvalue weighted by molar-refractivity contribution is 5.83. The van der Waals surface area contributed by atoms with E-state index in [1.165, 1.54) is 22.3 Å². The van der Waals surface area contributed by atoms with Gasteiger partial charge in [0.15, 0.2) is 17.0 Å². The SMILES string of the molecule is Cc1ccccc1Cn1cc(Cn2cnc3c(N[C@H](CO)Cc4ccccc4)nc(Oc4ccc5c(c4)CCC5)nc32)nn1. The van der Waals surface area contributed by atoms with Gasteiger partial charge in [0.2, 0.25) is 0 Å². The molecule has 1 aliphatic rings. The molecule has 7 rings (SSSR count). The molecule has 0 aliphatic heterocycles. The van der Waals surface area contributed by atoms with Crippen LogP contribution in [0.25, 0.3) is 11.2 Å². The second-order valence-electron chi connectivity index (χ2n) is 11.3. The van der Waals surface area contributed by atoms with Gasteiger partial charge < -0.3 is 19.7 Å². The molecule has 0 amide bonds. The van der Waals surface area contributed by atoms with E-state index in [0.717, 1.165) is 30.5 Å². The molecule has 3 heterocycles. The average Bonchev–Trinajstić information content (AvgIpc) is 3.79. The molecule has 0 unspecified atom stereocenters. The molecule has 0 saturated heterocycles. The van der Waals surface area contributed by atoms with Crippen molar-refractivity contribution in [1.82, 2.24) is 34.5 Å². The van der Waals surface area contributed by atoms with Gasteiger partial charge in [0.1, 0.15) is 11.4 Å². The van der Waals surface area contributed by atoms with E-state index in [1.807, 2.05) is 64.0 Å². The first-order chi connectivity index (χ1) is 21.6. The van der Waals surface area contributed by atoms with Gasteiger partial charge in [-0.05, 0) is 72.6 Å². The molecular weight excluding hydrogens is 552 g/mol. The van der Waals surface area contributed by atoms with Crippen LogP contribution in [0.4, 0.5) is 5.82 Å². The van der Waals surface area contributed by atoms with Crippen molar-refractivity contribution < 1.29 is 9.84 Å². The van der Waals surface area contributed by atoms with Crippen LogP contribution in [0, 0.1) is 6.92 Å². The standard InChI is InChI=1S/C34H34N8O2/c1-23-8-5-6-11-27(23)18-42-20-29(39-40-42)19-41-22-35-31-32(36-28(21-43)16-24-9-3-2-4-10-24)37-34(38-33(31)41)44-30-15-14-25-12-7-13-26(25)17-30/h2-6,8-11,14-15,17,20,22,28,43H,7,12-13,16,18-19,21H2,1H3,(H,36,37,38)/t28-/m0/s1. The number of aromatic nitrogens is 7. The second-order valence-corrected chi connectivity index (χ2v) is 11.3. The fourth-order valence-electron chi connectivity index (χ4n) is 5.78. The van der Waals surface area contributed by atoms with E-state index in [9.17, 15) is 5.11 Å². The van der Waals surface area contributed by atoms with E-state index in [0.29, 0.717) is 42.2 Å². The maximum atomic E-state index is 10.3. The summed E-state index contributed by atoms with van der Waals surface area (Å²) in [4.78, 5) is 14.2. The third-order valence-corrected chi connectivity index (χ3v) is 8.12. The Balaban J connectivity index is 1.19. The Bertz CT molecular complexity index is 1900. The van der Waals surface area contributed by atoms with Gasteiger partial charge >= 0.3 is 6.01 Å². The summed E-state index contributed by atoms with van der Waals surface area (Å²) in [6.07, 6.45) is 7.61. The number of aliphatic hydroxyl groups excluding tert-OH is 1. The molecule has 0 spiro atoms. The number of anilines is 1. The highest BCUT2D eigenvalue weighted by Gasteiger charge is 2.20. The molecular formula is C34H34N8O2. The Morgan fingerprint density at radius 3 is 2.66 bits per heavy atom. The lowest BCUT2D eigenvalue weighted by Crippen LogP contribution is -2.27. The van der Waals surface area contributed by atoms with Crippen LogP contribution >= 0.6 is 0 Å². The zero-order chi connectivity index (χ0) is 29.9. The molecule has 0 bridgehead atoms. The number of aliphatic hydroxyl groups is 1. The summed E-state index contributed by atoms with van der Waals surface area (Å²) < 4.78 is 10.0. The largest absolute Gasteiger partial charge is 0.424 e. The quantitative estimate of drug-likeness (QED) is 0.215. The molecule has 3 aromatic heterocycles. The van der Waals surface area contributed by atoms with Crippen molar-refractivity contribution in [2.24, 2.45) is 0 Å². The van der Waals surface area contributed by atoms with Crippen LogP contribution in [0.15, 0.2) is 85.3 Å². The van der Waals surface area contributed by atoms with Crippen LogP contribution in [0.5, 0.6) is 11.8 Å². The van der Waals surface area contributed by atoms with Crippen LogP contribution in [0.2, 0.25) is 0 Å². The summed E-state index contributed by atoms with van der Waals surface area (Å²) >= 11 is 0. The minimum Gasteiger partial charge on any atom is -0.424 e. The Hall–Kier alpha value is -5.09. The van der Waals surface area contributed by atoms with Crippen molar-refractivity contribution in [3.63, 3.8) is 0 Å². The first-order valence-electron chi connectivity index (χ1n) is 15.0. The summed E-state index contributed by atoms with van der Waals surface area (Å²) in [5.74, 6) is 1.20. The lowest BCUT2D eigenvalue weighted by Gasteiger charge is -2.18. The Morgan fingerprint density at radius 2 is 1.80 bits per heavy atom. The number of fused-ring (bicyclic) bond motifs is 2. The number of hydrogen-bond acceptors (Lipinski definition) is 8. The topological polar surface area (TPSA) is 116 Å². The molecule has 6 aromatic rings. The number of nitrogens with zero attached hydrogens (tertiary/aromatic N) is 7. The van der Waals surface area contributed by atoms with E-state index >= 15 is 0 Å². The van der Waals surface area contributed by atoms with Crippen LogP contribution in [-0.2, 0) is 32.4 Å². The fourth-order valence-corrected chi connectivity index (χ4v) is 5.78. The predicted octanol–water partition coefficient (Wildman–Crippen LogP) is 5.12. The van der Waals surface area contributed by atoms with Gasteiger partial charge in [0, 0.05) is 0 Å². The summed E-state index contributed by atoms with van der Waals surface area (Å²) in [5, 5.41) is 22.4. The van der Waals surface area contributed by atoms with Crippen molar-refractivity contribution in [1.29, 1.82) is 0 Å². The highest BCUT2D eigenvalue weighted by Crippen LogP contribution is 2.30. The van der Waals surface area contributed by atoms with Gasteiger partial charge in [-0.1, -0.05) is 65.9 Å². The number of nitrogens with one attached hydrogen (secondary N) is 1. The maximum absolute atomic E-state index is 10.3. The van der Waals surface area contributed by atoms with Gasteiger partial charge in [0.25, 0.3) is 0 Å². The number of benzene rings is 3. The van der Waals surface area contributed by atoms with E-state index in [2.05, 4.69) is 51.8 Å². The molecule has 2 N–H and O–H groups in total. The van der Waals surface area contributed by atoms with Crippen LogP contribution in [0.1, 0.15) is 39.9 Å². The van der Waals surface area contributed by atoms with Gasteiger partial charge in [-0.15, -0.1) is 5.10 Å². The van der Waals surface area contributed by atoms with Crippen molar-refractivity contribution in [2.75, 3.05) is 11.9 Å². The monoisotopic (exact) mass is 586 g/mol. The predicted molar refractivity (Wildman–Crippen MR) is 168 cm³/mol. The van der Waals surface area contributed by atoms with Crippen molar-refractivity contribution in [3.05, 3.63) is 119 Å². The van der Waals surface area contributed by atoms with Crippen molar-refractivity contribution in [2.45, 2.75) is 51.7 Å². The molecule has 3 aromatic carbocycles. The van der Waals surface area contributed by atoms with Crippen LogP contribution in [-0.4, -0.2) is 52.3 Å². The van der Waals surface area contributed by atoms with Crippen LogP contribution < -0.4 is 10.1 Å². The number of rotatable bonds is 11. The molecule has 1 atom stereocenters. The summed E-state index contributed by atoms with van der Waals surface area (Å²) in [6, 6.07) is 24.4. The molecule has 1 aliphatic carbocycles. The van der Waals surface area contributed by atoms with Crippen LogP contribution in [0.3, 0.4) is 0 Å². The van der Waals surface area contributed by atoms with E-state index < -0.39 is 0 Å². The molecule has 222 valence electrons. The van der Waals surface area contributed by atoms with Gasteiger partial charge in [0.05, 0.1) is 38.3 Å². The minimum atomic E-state index is -0.283. The normalized spacial score (nSPS) is 13.2. The average molecular weight is 587 g/mol. The number of ether oxygens (including phenoxy) is 1. The number of imidazole rings is 1. The molecule has 0 fully saturated rings. The molecule has 10 nitrogen and oxygen atoms in total. The smallest absolute Gasteiger partial charge is 0.326 e. The lowest BCUT2D eigenvalue weighted by molar-refractivity contribution is 0.273. The zero-order valence-corrected chi connectivity index (χ0v) is 24.6. The fraction of sp³-hybridized carbons (Fsp3) is 0.265. The lowest BCUT2D eigenvalue weighted by atomic mass is 10.1. The van der Waals surface area contributed by atoms with Crippen molar-refractivity contribution in [3.8, 4) is 11.8 Å². The van der Waals surface area contributed by atoms with E-state index in [1.54, 1.807) is 6.33 Å². The minimum absolute atomic E-state index is 0.0773. The molecule has 44 heavy (non-hydrogen) atoms. The third-order valence-electron chi connectivity index (χ3n) is 8.12. The van der Waals surface area contributed by atoms with Crippen molar-refractivity contribution >= 4 is 17.0 Å². The highest BCUT2D eigenvalue weighted by atomic mass is 16.5. The summed E-state index contributed by atoms with van der Waals surface area (Å²) in [6.45, 7) is 3.08. The number of aryl methyl sites for hydroxylation is 3. The zero-order valence-electron chi connectivity index (χ0n) is 24.6. The molecule has 0 radical (unpaired) electrons. The number of hydrogen-bond donors (Lipinski definition) is 2. The maximum Gasteiger partial charge on any atom is 0.326 e. The molecule has 10 heteroatoms. The van der Waals surface area contributed by atoms with E-state index in [-0.39, 0.29) is 18.7 Å². The Labute approximate surface area is 255 Å². The first kappa shape index (κ1) is 27.7. The first-order valence-corrected chi connectivity index (χ1v) is 15.0. The van der Waals surface area contributed by atoms with Gasteiger partial charge in [-0.25, -0.2) is 9.67 Å². The van der Waals surface area contributed by atoms with Gasteiger partial charge in [-0.2, -0.15) is 9.97 Å². The van der Waals surface area contributed by atoms with Gasteiger partial charge in [-0.3, -0.25) is 0 Å². The third kappa shape index (κ3) is 6.02. The Morgan fingerprint density at radius 1 is 0.955 bits per heavy atom. The summed E-state index contributed by atoms with van der Waals surface area (Å²) in [7, 11) is 0. The summed E-state index contributed by atoms with van der Waals surface area (Å²) in [5.41, 5.74) is 8.17. The second kappa shape index (κ2) is 12.3. The molecule has 0 saturated carbocycles. The Kier molecular flexibility index (Phi) is 7.72. The van der Waals surface area contributed by atoms with E-state index in [4.69, 9.17) is 14.7 Å².